The Morgan fingerprint density at radius 3 is 0.875 bits per heavy atom. The Bertz CT molecular complexity index is 110. The van der Waals surface area contributed by atoms with Gasteiger partial charge in [-0.25, -0.2) is 0 Å². The van der Waals surface area contributed by atoms with E-state index in [0.29, 0.717) is 0 Å². The highest BCUT2D eigenvalue weighted by Crippen LogP contribution is 2.35. The molecule has 0 unspecified atom stereocenters. The van der Waals surface area contributed by atoms with Crippen molar-refractivity contribution in [2.75, 3.05) is 0 Å². The smallest absolute Gasteiger partial charge is 0.0391 e. The summed E-state index contributed by atoms with van der Waals surface area (Å²) in [5.41, 5.74) is 0. The molecule has 1 saturated carbocycles. The van der Waals surface area contributed by atoms with Gasteiger partial charge in [-0.05, 0) is 42.4 Å². The van der Waals surface area contributed by atoms with Crippen LogP contribution < -0.4 is 0 Å². The molecule has 0 aromatic rings. The van der Waals surface area contributed by atoms with Gasteiger partial charge in [-0.2, -0.15) is 0 Å². The van der Waals surface area contributed by atoms with E-state index in [9.17, 15) is 0 Å². The number of hydrogen-bond donors (Lipinski definition) is 0. The third-order valence-corrected chi connectivity index (χ3v) is 2.90. The van der Waals surface area contributed by atoms with Crippen LogP contribution in [0.1, 0.15) is 75.2 Å². The summed E-state index contributed by atoms with van der Waals surface area (Å²) in [7, 11) is 0. The maximum atomic E-state index is 2.30. The van der Waals surface area contributed by atoms with Gasteiger partial charge >= 0.3 is 0 Å². The van der Waals surface area contributed by atoms with Crippen molar-refractivity contribution in [3.8, 4) is 0 Å². The molecular weight excluding hydrogens is 192 g/mol. The average Bonchev–Trinajstić information content (AvgIpc) is 2.84. The average molecular weight is 228 g/mol. The summed E-state index contributed by atoms with van der Waals surface area (Å²) in [4.78, 5) is 0. The van der Waals surface area contributed by atoms with Crippen LogP contribution in [0.15, 0.2) is 0 Å². The lowest BCUT2D eigenvalue weighted by atomic mass is 10.0. The quantitative estimate of drug-likeness (QED) is 0.542. The highest BCUT2D eigenvalue weighted by molar-refractivity contribution is 4.75. The van der Waals surface area contributed by atoms with Crippen molar-refractivity contribution in [2.45, 2.75) is 75.2 Å². The van der Waals surface area contributed by atoms with Crippen LogP contribution in [-0.2, 0) is 0 Å². The fourth-order valence-electron chi connectivity index (χ4n) is 0.763. The molecule has 1 rings (SSSR count). The molecule has 16 heavy (non-hydrogen) atoms. The summed E-state index contributed by atoms with van der Waals surface area (Å²) >= 11 is 0. The van der Waals surface area contributed by atoms with Crippen LogP contribution in [0.25, 0.3) is 0 Å². The Morgan fingerprint density at radius 1 is 0.625 bits per heavy atom. The van der Waals surface area contributed by atoms with Crippen molar-refractivity contribution in [2.24, 2.45) is 29.6 Å². The second kappa shape index (κ2) is 10.2. The Morgan fingerprint density at radius 2 is 0.875 bits per heavy atom. The molecule has 0 amide bonds. The number of rotatable bonds is 2. The molecule has 0 N–H and O–H groups in total. The van der Waals surface area contributed by atoms with Crippen molar-refractivity contribution in [1.29, 1.82) is 0 Å². The first kappa shape index (κ1) is 18.4. The van der Waals surface area contributed by atoms with Crippen molar-refractivity contribution in [1.82, 2.24) is 0 Å². The summed E-state index contributed by atoms with van der Waals surface area (Å²) < 4.78 is 0. The third kappa shape index (κ3) is 19.6. The van der Waals surface area contributed by atoms with Gasteiger partial charge in [0.05, 0.1) is 0 Å². The molecule has 0 spiro atoms. The van der Waals surface area contributed by atoms with Crippen LogP contribution in [0.4, 0.5) is 0 Å². The molecular formula is C16H36. The largest absolute Gasteiger partial charge is 0.0630 e. The summed E-state index contributed by atoms with van der Waals surface area (Å²) in [5.74, 6) is 4.60. The lowest BCUT2D eigenvalue weighted by molar-refractivity contribution is 0.457. The summed E-state index contributed by atoms with van der Waals surface area (Å²) in [6.45, 7) is 20.1. The molecule has 1 aliphatic carbocycles. The van der Waals surface area contributed by atoms with Crippen molar-refractivity contribution < 1.29 is 0 Å². The molecule has 0 radical (unpaired) electrons. The Kier molecular flexibility index (Phi) is 11.7. The minimum atomic E-state index is 0.833. The molecule has 1 aliphatic rings. The standard InChI is InChI=1S/C6H12.C6H14.C4H10/c1-5(2)6-3-4-6;1-5(2)6(3)4;1-4(2)3/h5-6H,3-4H2,1-2H3;5-6H,1-4H3;4H,1-3H3. The van der Waals surface area contributed by atoms with Crippen molar-refractivity contribution >= 4 is 0 Å². The van der Waals surface area contributed by atoms with E-state index >= 15 is 0 Å². The van der Waals surface area contributed by atoms with Gasteiger partial charge in [-0.15, -0.1) is 0 Å². The molecule has 1 fully saturated rings. The highest BCUT2D eigenvalue weighted by Gasteiger charge is 2.23. The Labute approximate surface area is 105 Å². The van der Waals surface area contributed by atoms with E-state index in [-0.39, 0.29) is 0 Å². The predicted octanol–water partition coefficient (Wildman–Crippen LogP) is 6.01. The van der Waals surface area contributed by atoms with Gasteiger partial charge in [0.15, 0.2) is 0 Å². The second-order valence-corrected chi connectivity index (χ2v) is 6.80. The molecule has 0 aliphatic heterocycles. The van der Waals surface area contributed by atoms with Gasteiger partial charge in [-0.3, -0.25) is 0 Å². The van der Waals surface area contributed by atoms with E-state index in [2.05, 4.69) is 62.3 Å². The van der Waals surface area contributed by atoms with E-state index in [1.165, 1.54) is 12.8 Å². The fraction of sp³-hybridized carbons (Fsp3) is 1.00. The Balaban J connectivity index is 0. The first-order valence-corrected chi connectivity index (χ1v) is 7.18. The molecule has 0 nitrogen and oxygen atoms in total. The SMILES string of the molecule is CC(C)C.CC(C)C(C)C.CC(C)C1CC1. The first-order chi connectivity index (χ1) is 7.18. The van der Waals surface area contributed by atoms with Crippen LogP contribution in [0.2, 0.25) is 0 Å². The minimum absolute atomic E-state index is 0.833. The zero-order chi connectivity index (χ0) is 13.3. The molecule has 0 heterocycles. The molecule has 0 saturated heterocycles. The normalized spacial score (nSPS) is 14.8. The van der Waals surface area contributed by atoms with E-state index in [4.69, 9.17) is 0 Å². The first-order valence-electron chi connectivity index (χ1n) is 7.18. The molecule has 0 aromatic carbocycles. The van der Waals surface area contributed by atoms with Gasteiger partial charge in [0, 0.05) is 0 Å². The molecule has 0 atom stereocenters. The van der Waals surface area contributed by atoms with Crippen LogP contribution in [0.5, 0.6) is 0 Å². The van der Waals surface area contributed by atoms with E-state index in [1.807, 2.05) is 0 Å². The van der Waals surface area contributed by atoms with E-state index in [1.54, 1.807) is 0 Å². The van der Waals surface area contributed by atoms with Crippen LogP contribution in [0, 0.1) is 29.6 Å². The molecule has 0 aromatic heterocycles. The topological polar surface area (TPSA) is 0 Å². The van der Waals surface area contributed by atoms with Crippen LogP contribution in [0.3, 0.4) is 0 Å². The predicted molar refractivity (Wildman–Crippen MR) is 77.8 cm³/mol. The van der Waals surface area contributed by atoms with Crippen molar-refractivity contribution in [3.05, 3.63) is 0 Å². The summed E-state index contributed by atoms with van der Waals surface area (Å²) in [6, 6.07) is 0. The summed E-state index contributed by atoms with van der Waals surface area (Å²) in [6.07, 6.45) is 3.00. The summed E-state index contributed by atoms with van der Waals surface area (Å²) in [5, 5.41) is 0. The Hall–Kier alpha value is 0. The minimum Gasteiger partial charge on any atom is -0.0630 e. The van der Waals surface area contributed by atoms with Gasteiger partial charge in [-0.1, -0.05) is 62.3 Å². The lowest BCUT2D eigenvalue weighted by Crippen LogP contribution is -1.95. The van der Waals surface area contributed by atoms with Gasteiger partial charge < -0.3 is 0 Å². The molecule has 0 bridgehead atoms. The monoisotopic (exact) mass is 228 g/mol. The second-order valence-electron chi connectivity index (χ2n) is 6.80. The van der Waals surface area contributed by atoms with Crippen molar-refractivity contribution in [3.63, 3.8) is 0 Å². The maximum Gasteiger partial charge on any atom is -0.0391 e. The number of hydrogen-bond acceptors (Lipinski definition) is 0. The molecule has 0 heteroatoms. The zero-order valence-electron chi connectivity index (χ0n) is 13.3. The third-order valence-electron chi connectivity index (χ3n) is 2.90. The fourth-order valence-corrected chi connectivity index (χ4v) is 0.763. The van der Waals surface area contributed by atoms with Gasteiger partial charge in [0.2, 0.25) is 0 Å². The van der Waals surface area contributed by atoms with Crippen LogP contribution in [-0.4, -0.2) is 0 Å². The zero-order valence-corrected chi connectivity index (χ0v) is 13.3. The van der Waals surface area contributed by atoms with Gasteiger partial charge in [0.25, 0.3) is 0 Å². The highest BCUT2D eigenvalue weighted by atomic mass is 14.3. The van der Waals surface area contributed by atoms with Crippen LogP contribution >= 0.6 is 0 Å². The van der Waals surface area contributed by atoms with Gasteiger partial charge in [0.1, 0.15) is 0 Å². The van der Waals surface area contributed by atoms with E-state index in [0.717, 1.165) is 29.6 Å². The lowest BCUT2D eigenvalue weighted by Gasteiger charge is -2.05. The molecule has 100 valence electrons. The van der Waals surface area contributed by atoms with E-state index < -0.39 is 0 Å². The maximum absolute atomic E-state index is 2.30.